The minimum absolute atomic E-state index is 0.0381. The first kappa shape index (κ1) is 9.15. The Labute approximate surface area is 62.4 Å². The number of hydrogen-bond acceptors (Lipinski definition) is 1. The highest BCUT2D eigenvalue weighted by Gasteiger charge is 1.91. The molecule has 0 bridgehead atoms. The van der Waals surface area contributed by atoms with Crippen LogP contribution in [-0.4, -0.2) is 6.29 Å². The summed E-state index contributed by atoms with van der Waals surface area (Å²) >= 11 is 0. The van der Waals surface area contributed by atoms with Gasteiger partial charge in [-0.15, -0.1) is 0 Å². The highest BCUT2D eigenvalue weighted by molar-refractivity contribution is 5.56. The Morgan fingerprint density at radius 1 is 1.50 bits per heavy atom. The molecule has 0 N–H and O–H groups in total. The molecule has 1 unspecified atom stereocenters. The zero-order valence-electron chi connectivity index (χ0n) is 6.79. The van der Waals surface area contributed by atoms with Gasteiger partial charge in [0.15, 0.2) is 0 Å². The molecule has 0 fully saturated rings. The molecule has 0 aliphatic carbocycles. The van der Waals surface area contributed by atoms with Crippen molar-refractivity contribution in [3.05, 3.63) is 23.8 Å². The van der Waals surface area contributed by atoms with E-state index in [2.05, 4.69) is 0 Å². The Hall–Kier alpha value is -0.850. The van der Waals surface area contributed by atoms with Crippen LogP contribution in [0.4, 0.5) is 0 Å². The first-order valence-corrected chi connectivity index (χ1v) is 3.47. The van der Waals surface area contributed by atoms with Gasteiger partial charge in [0.05, 0.1) is 0 Å². The maximum Gasteiger partial charge on any atom is 0.126 e. The van der Waals surface area contributed by atoms with Gasteiger partial charge in [-0.1, -0.05) is 30.7 Å². The van der Waals surface area contributed by atoms with Crippen LogP contribution in [0.15, 0.2) is 23.8 Å². The van der Waals surface area contributed by atoms with E-state index in [-0.39, 0.29) is 5.92 Å². The average Bonchev–Trinajstić information content (AvgIpc) is 1.88. The third-order valence-corrected chi connectivity index (χ3v) is 1.17. The van der Waals surface area contributed by atoms with E-state index in [1.807, 2.05) is 39.0 Å². The van der Waals surface area contributed by atoms with Crippen LogP contribution in [0.3, 0.4) is 0 Å². The molecule has 1 nitrogen and oxygen atoms in total. The highest BCUT2D eigenvalue weighted by atomic mass is 16.1. The third-order valence-electron chi connectivity index (χ3n) is 1.17. The third kappa shape index (κ3) is 4.07. The van der Waals surface area contributed by atoms with Gasteiger partial charge in [-0.05, 0) is 13.8 Å². The molecule has 0 saturated heterocycles. The summed E-state index contributed by atoms with van der Waals surface area (Å²) < 4.78 is 0. The second-order valence-electron chi connectivity index (χ2n) is 2.41. The first-order valence-electron chi connectivity index (χ1n) is 3.47. The molecule has 0 amide bonds. The lowest BCUT2D eigenvalue weighted by atomic mass is 10.1. The predicted molar refractivity (Wildman–Crippen MR) is 43.8 cm³/mol. The summed E-state index contributed by atoms with van der Waals surface area (Å²) in [6, 6.07) is 0. The van der Waals surface area contributed by atoms with Crippen LogP contribution in [0.25, 0.3) is 0 Å². The summed E-state index contributed by atoms with van der Waals surface area (Å²) in [6.07, 6.45) is 6.82. The van der Waals surface area contributed by atoms with Crippen molar-refractivity contribution >= 4 is 6.29 Å². The molecule has 0 aliphatic rings. The molecular weight excluding hydrogens is 124 g/mol. The molecule has 1 heteroatoms. The Morgan fingerprint density at radius 3 is 2.50 bits per heavy atom. The van der Waals surface area contributed by atoms with Gasteiger partial charge in [-0.3, -0.25) is 0 Å². The molecule has 0 aliphatic heterocycles. The Kier molecular flexibility index (Phi) is 4.55. The second-order valence-corrected chi connectivity index (χ2v) is 2.41. The summed E-state index contributed by atoms with van der Waals surface area (Å²) in [5.41, 5.74) is 1.14. The monoisotopic (exact) mass is 138 g/mol. The van der Waals surface area contributed by atoms with E-state index in [1.165, 1.54) is 0 Å². The normalized spacial score (nSPS) is 15.7. The quantitative estimate of drug-likeness (QED) is 0.432. The Balaban J connectivity index is 4.01. The van der Waals surface area contributed by atoms with Crippen molar-refractivity contribution in [1.82, 2.24) is 0 Å². The SMILES string of the molecule is C/C=C/C(C)=C\C(C)C=O. The molecule has 0 aromatic rings. The summed E-state index contributed by atoms with van der Waals surface area (Å²) in [6.45, 7) is 5.82. The lowest BCUT2D eigenvalue weighted by Gasteiger charge is -1.94. The molecule has 0 spiro atoms. The van der Waals surface area contributed by atoms with Crippen molar-refractivity contribution in [3.63, 3.8) is 0 Å². The molecule has 0 rings (SSSR count). The average molecular weight is 138 g/mol. The van der Waals surface area contributed by atoms with E-state index in [0.717, 1.165) is 11.9 Å². The van der Waals surface area contributed by atoms with Gasteiger partial charge in [-0.25, -0.2) is 0 Å². The van der Waals surface area contributed by atoms with Gasteiger partial charge >= 0.3 is 0 Å². The topological polar surface area (TPSA) is 17.1 Å². The molecule has 0 aromatic heterocycles. The van der Waals surface area contributed by atoms with E-state index < -0.39 is 0 Å². The van der Waals surface area contributed by atoms with Crippen molar-refractivity contribution in [2.75, 3.05) is 0 Å². The lowest BCUT2D eigenvalue weighted by Crippen LogP contribution is -1.89. The van der Waals surface area contributed by atoms with Crippen LogP contribution in [0.1, 0.15) is 20.8 Å². The molecule has 0 aromatic carbocycles. The number of aldehydes is 1. The van der Waals surface area contributed by atoms with Crippen LogP contribution < -0.4 is 0 Å². The zero-order valence-corrected chi connectivity index (χ0v) is 6.79. The van der Waals surface area contributed by atoms with Crippen molar-refractivity contribution in [3.8, 4) is 0 Å². The van der Waals surface area contributed by atoms with E-state index in [4.69, 9.17) is 0 Å². The number of rotatable bonds is 3. The largest absolute Gasteiger partial charge is 0.303 e. The van der Waals surface area contributed by atoms with Gasteiger partial charge < -0.3 is 4.79 Å². The van der Waals surface area contributed by atoms with Crippen molar-refractivity contribution in [2.24, 2.45) is 5.92 Å². The standard InChI is InChI=1S/C9H14O/c1-4-5-8(2)6-9(3)7-10/h4-7,9H,1-3H3/b5-4+,8-6-. The number of allylic oxidation sites excluding steroid dienone is 4. The molecule has 0 heterocycles. The highest BCUT2D eigenvalue weighted by Crippen LogP contribution is 2.00. The van der Waals surface area contributed by atoms with Crippen LogP contribution in [0.5, 0.6) is 0 Å². The van der Waals surface area contributed by atoms with Crippen molar-refractivity contribution in [1.29, 1.82) is 0 Å². The van der Waals surface area contributed by atoms with Gasteiger partial charge in [0.2, 0.25) is 0 Å². The fraction of sp³-hybridized carbons (Fsp3) is 0.444. The fourth-order valence-electron chi connectivity index (χ4n) is 0.772. The van der Waals surface area contributed by atoms with Crippen LogP contribution >= 0.6 is 0 Å². The lowest BCUT2D eigenvalue weighted by molar-refractivity contribution is -0.109. The molecular formula is C9H14O. The maximum atomic E-state index is 10.2. The zero-order chi connectivity index (χ0) is 7.98. The summed E-state index contributed by atoms with van der Waals surface area (Å²) in [5, 5.41) is 0. The Bertz CT molecular complexity index is 154. The maximum absolute atomic E-state index is 10.2. The van der Waals surface area contributed by atoms with Gasteiger partial charge in [-0.2, -0.15) is 0 Å². The molecule has 10 heavy (non-hydrogen) atoms. The van der Waals surface area contributed by atoms with Crippen LogP contribution in [0, 0.1) is 5.92 Å². The van der Waals surface area contributed by atoms with Gasteiger partial charge in [0.1, 0.15) is 6.29 Å². The number of hydrogen-bond donors (Lipinski definition) is 0. The second kappa shape index (κ2) is 4.98. The van der Waals surface area contributed by atoms with Gasteiger partial charge in [0, 0.05) is 5.92 Å². The number of carbonyl (C=O) groups excluding carboxylic acids is 1. The van der Waals surface area contributed by atoms with Crippen molar-refractivity contribution < 1.29 is 4.79 Å². The molecule has 0 radical (unpaired) electrons. The van der Waals surface area contributed by atoms with E-state index in [0.29, 0.717) is 0 Å². The van der Waals surface area contributed by atoms with E-state index in [9.17, 15) is 4.79 Å². The summed E-state index contributed by atoms with van der Waals surface area (Å²) in [5.74, 6) is 0.0381. The minimum Gasteiger partial charge on any atom is -0.303 e. The van der Waals surface area contributed by atoms with Gasteiger partial charge in [0.25, 0.3) is 0 Å². The fourth-order valence-corrected chi connectivity index (χ4v) is 0.772. The first-order chi connectivity index (χ1) is 4.70. The van der Waals surface area contributed by atoms with E-state index in [1.54, 1.807) is 0 Å². The number of carbonyl (C=O) groups is 1. The summed E-state index contributed by atoms with van der Waals surface area (Å²) in [7, 11) is 0. The Morgan fingerprint density at radius 2 is 2.10 bits per heavy atom. The molecule has 56 valence electrons. The minimum atomic E-state index is 0.0381. The van der Waals surface area contributed by atoms with Crippen LogP contribution in [0.2, 0.25) is 0 Å². The molecule has 1 atom stereocenters. The van der Waals surface area contributed by atoms with Crippen molar-refractivity contribution in [2.45, 2.75) is 20.8 Å². The summed E-state index contributed by atoms with van der Waals surface area (Å²) in [4.78, 5) is 10.2. The molecule has 0 saturated carbocycles. The smallest absolute Gasteiger partial charge is 0.126 e. The van der Waals surface area contributed by atoms with Crippen LogP contribution in [-0.2, 0) is 4.79 Å². The van der Waals surface area contributed by atoms with E-state index >= 15 is 0 Å². The predicted octanol–water partition coefficient (Wildman–Crippen LogP) is 2.34.